The Morgan fingerprint density at radius 2 is 1.93 bits per heavy atom. The molecule has 0 atom stereocenters. The van der Waals surface area contributed by atoms with Crippen LogP contribution < -0.4 is 5.32 Å². The number of hydrogen-bond acceptors (Lipinski definition) is 5. The van der Waals surface area contributed by atoms with Crippen LogP contribution in [0, 0.1) is 11.7 Å². The second-order valence-electron chi connectivity index (χ2n) is 7.35. The number of anilines is 1. The monoisotopic (exact) mass is 417 g/mol. The lowest BCUT2D eigenvalue weighted by molar-refractivity contribution is -0.0725. The van der Waals surface area contributed by atoms with E-state index >= 15 is 0 Å². The highest BCUT2D eigenvalue weighted by Gasteiger charge is 2.32. The number of ether oxygens (including phenoxy) is 1. The van der Waals surface area contributed by atoms with Gasteiger partial charge in [-0.3, -0.25) is 14.5 Å². The molecule has 0 radical (unpaired) electrons. The number of ketones is 1. The fraction of sp³-hybridized carbons (Fsp3) is 0.381. The second-order valence-corrected chi connectivity index (χ2v) is 7.79. The molecule has 0 spiro atoms. The Bertz CT molecular complexity index is 927. The Morgan fingerprint density at radius 3 is 2.59 bits per heavy atom. The van der Waals surface area contributed by atoms with Gasteiger partial charge in [0.1, 0.15) is 17.3 Å². The third kappa shape index (κ3) is 4.47. The van der Waals surface area contributed by atoms with E-state index in [9.17, 15) is 14.0 Å². The van der Waals surface area contributed by atoms with Crippen molar-refractivity contribution >= 4 is 29.1 Å². The Morgan fingerprint density at radius 1 is 1.17 bits per heavy atom. The molecule has 1 aromatic carbocycles. The number of carbonyl (C=O) groups is 2. The number of halogens is 2. The molecule has 0 bridgehead atoms. The average molecular weight is 418 g/mol. The third-order valence-corrected chi connectivity index (χ3v) is 5.69. The minimum absolute atomic E-state index is 0.0247. The summed E-state index contributed by atoms with van der Waals surface area (Å²) in [6, 6.07) is 9.18. The number of aromatic nitrogens is 1. The van der Waals surface area contributed by atoms with E-state index in [2.05, 4.69) is 15.2 Å². The summed E-state index contributed by atoms with van der Waals surface area (Å²) in [4.78, 5) is 31.8. The molecule has 2 fully saturated rings. The number of nitrogens with one attached hydrogen (secondary N) is 1. The maximum Gasteiger partial charge on any atom is 0.259 e. The molecule has 0 aliphatic carbocycles. The summed E-state index contributed by atoms with van der Waals surface area (Å²) >= 11 is 5.72. The third-order valence-electron chi connectivity index (χ3n) is 5.46. The van der Waals surface area contributed by atoms with Crippen molar-refractivity contribution in [3.05, 3.63) is 58.5 Å². The molecule has 1 amide bonds. The minimum Gasteiger partial charge on any atom is -0.378 e. The largest absolute Gasteiger partial charge is 0.378 e. The van der Waals surface area contributed by atoms with Crippen molar-refractivity contribution in [2.24, 2.45) is 5.92 Å². The summed E-state index contributed by atoms with van der Waals surface area (Å²) in [5.41, 5.74) is 0.171. The number of pyridine rings is 1. The van der Waals surface area contributed by atoms with Gasteiger partial charge in [0.05, 0.1) is 24.8 Å². The van der Waals surface area contributed by atoms with Crippen LogP contribution in [0.25, 0.3) is 0 Å². The highest BCUT2D eigenvalue weighted by molar-refractivity contribution is 6.30. The first kappa shape index (κ1) is 19.9. The van der Waals surface area contributed by atoms with E-state index in [1.165, 1.54) is 12.1 Å². The van der Waals surface area contributed by atoms with E-state index in [1.54, 1.807) is 18.2 Å². The molecule has 0 unspecified atom stereocenters. The zero-order chi connectivity index (χ0) is 20.4. The molecule has 2 aliphatic heterocycles. The first-order valence-electron chi connectivity index (χ1n) is 9.61. The number of nitrogens with zero attached hydrogens (tertiary/aromatic N) is 2. The number of amides is 1. The van der Waals surface area contributed by atoms with Gasteiger partial charge in [-0.15, -0.1) is 0 Å². The van der Waals surface area contributed by atoms with E-state index in [0.29, 0.717) is 11.7 Å². The highest BCUT2D eigenvalue weighted by atomic mass is 35.5. The van der Waals surface area contributed by atoms with Crippen molar-refractivity contribution in [1.29, 1.82) is 0 Å². The molecule has 8 heteroatoms. The van der Waals surface area contributed by atoms with Gasteiger partial charge in [0.25, 0.3) is 5.91 Å². The molecule has 0 saturated carbocycles. The van der Waals surface area contributed by atoms with Gasteiger partial charge in [-0.2, -0.15) is 0 Å². The zero-order valence-electron chi connectivity index (χ0n) is 15.7. The van der Waals surface area contributed by atoms with Crippen LogP contribution in [0.1, 0.15) is 33.7 Å². The van der Waals surface area contributed by atoms with Gasteiger partial charge in [-0.1, -0.05) is 17.7 Å². The quantitative estimate of drug-likeness (QED) is 0.755. The summed E-state index contributed by atoms with van der Waals surface area (Å²) in [6.07, 6.45) is 1.56. The van der Waals surface area contributed by atoms with Gasteiger partial charge in [0.15, 0.2) is 5.78 Å². The number of carbonyl (C=O) groups excluding carboxylic acids is 2. The maximum atomic E-state index is 13.9. The summed E-state index contributed by atoms with van der Waals surface area (Å²) in [6.45, 7) is 3.29. The van der Waals surface area contributed by atoms with Crippen molar-refractivity contribution in [3.8, 4) is 0 Å². The minimum atomic E-state index is -0.717. The number of likely N-dealkylation sites (tertiary alicyclic amines) is 1. The van der Waals surface area contributed by atoms with Crippen LogP contribution in [0.4, 0.5) is 10.2 Å². The summed E-state index contributed by atoms with van der Waals surface area (Å²) in [7, 11) is 0. The SMILES string of the molecule is O=C(Nc1cccc(C(=O)C2CCN(C3COC3)CC2)n1)c1ccc(Cl)cc1F. The van der Waals surface area contributed by atoms with E-state index in [1.807, 2.05) is 0 Å². The maximum absolute atomic E-state index is 13.9. The Kier molecular flexibility index (Phi) is 5.89. The van der Waals surface area contributed by atoms with Gasteiger partial charge < -0.3 is 10.1 Å². The Hall–Kier alpha value is -2.35. The van der Waals surface area contributed by atoms with Crippen molar-refractivity contribution in [2.75, 3.05) is 31.6 Å². The lowest BCUT2D eigenvalue weighted by Crippen LogP contribution is -2.52. The van der Waals surface area contributed by atoms with Crippen molar-refractivity contribution in [3.63, 3.8) is 0 Å². The zero-order valence-corrected chi connectivity index (χ0v) is 16.5. The van der Waals surface area contributed by atoms with Crippen molar-refractivity contribution < 1.29 is 18.7 Å². The smallest absolute Gasteiger partial charge is 0.259 e. The van der Waals surface area contributed by atoms with Gasteiger partial charge in [-0.05, 0) is 56.3 Å². The number of Topliss-reactive ketones (excluding diaryl/α,β-unsaturated/α-hetero) is 1. The fourth-order valence-corrected chi connectivity index (χ4v) is 3.83. The summed E-state index contributed by atoms with van der Waals surface area (Å²) in [5, 5.41) is 2.76. The lowest BCUT2D eigenvalue weighted by atomic mass is 9.90. The predicted molar refractivity (Wildman–Crippen MR) is 107 cm³/mol. The van der Waals surface area contributed by atoms with Crippen LogP contribution in [-0.4, -0.2) is 53.9 Å². The number of rotatable bonds is 5. The van der Waals surface area contributed by atoms with Gasteiger partial charge >= 0.3 is 0 Å². The molecule has 2 aliphatic rings. The van der Waals surface area contributed by atoms with Crippen LogP contribution >= 0.6 is 11.6 Å². The standard InChI is InChI=1S/C21H21ClFN3O3/c22-14-4-5-16(17(23)10-14)21(28)25-19-3-1-2-18(24-19)20(27)13-6-8-26(9-7-13)15-11-29-12-15/h1-5,10,13,15H,6-9,11-12H2,(H,24,25,28). The van der Waals surface area contributed by atoms with E-state index < -0.39 is 11.7 Å². The highest BCUT2D eigenvalue weighted by Crippen LogP contribution is 2.25. The molecule has 152 valence electrons. The number of hydrogen-bond donors (Lipinski definition) is 1. The van der Waals surface area contributed by atoms with Gasteiger partial charge in [0, 0.05) is 10.9 Å². The molecule has 4 rings (SSSR count). The van der Waals surface area contributed by atoms with Crippen molar-refractivity contribution in [1.82, 2.24) is 9.88 Å². The molecule has 6 nitrogen and oxygen atoms in total. The average Bonchev–Trinajstić information content (AvgIpc) is 2.67. The van der Waals surface area contributed by atoms with Crippen LogP contribution in [0.2, 0.25) is 5.02 Å². The molecule has 2 saturated heterocycles. The number of benzene rings is 1. The molecule has 1 aromatic heterocycles. The molecule has 1 N–H and O–H groups in total. The molecule has 2 aromatic rings. The van der Waals surface area contributed by atoms with Crippen LogP contribution in [0.3, 0.4) is 0 Å². The summed E-state index contributed by atoms with van der Waals surface area (Å²) < 4.78 is 19.2. The molecule has 3 heterocycles. The first-order chi connectivity index (χ1) is 14.0. The topological polar surface area (TPSA) is 71.5 Å². The van der Waals surface area contributed by atoms with Gasteiger partial charge in [-0.25, -0.2) is 9.37 Å². The van der Waals surface area contributed by atoms with Gasteiger partial charge in [0.2, 0.25) is 0 Å². The molecule has 29 heavy (non-hydrogen) atoms. The Balaban J connectivity index is 1.40. The summed E-state index contributed by atoms with van der Waals surface area (Å²) in [5.74, 6) is -1.26. The predicted octanol–water partition coefficient (Wildman–Crippen LogP) is 3.42. The van der Waals surface area contributed by atoms with E-state index in [0.717, 1.165) is 45.2 Å². The van der Waals surface area contributed by atoms with E-state index in [4.69, 9.17) is 16.3 Å². The lowest BCUT2D eigenvalue weighted by Gasteiger charge is -2.41. The first-order valence-corrected chi connectivity index (χ1v) is 9.98. The van der Waals surface area contributed by atoms with Crippen LogP contribution in [-0.2, 0) is 4.74 Å². The Labute approximate surface area is 173 Å². The van der Waals surface area contributed by atoms with Crippen LogP contribution in [0.15, 0.2) is 36.4 Å². The second kappa shape index (κ2) is 8.57. The number of piperidine rings is 1. The van der Waals surface area contributed by atoms with E-state index in [-0.39, 0.29) is 28.1 Å². The molecular weight excluding hydrogens is 397 g/mol. The normalized spacial score (nSPS) is 18.3. The van der Waals surface area contributed by atoms with Crippen molar-refractivity contribution in [2.45, 2.75) is 18.9 Å². The molecular formula is C21H21ClFN3O3. The fourth-order valence-electron chi connectivity index (χ4n) is 3.67. The van der Waals surface area contributed by atoms with Crippen LogP contribution in [0.5, 0.6) is 0 Å².